The molecular weight excluding hydrogens is 222 g/mol. The lowest BCUT2D eigenvalue weighted by atomic mass is 10.2. The third-order valence-corrected chi connectivity index (χ3v) is 4.10. The number of aryl methyl sites for hydroxylation is 1. The molecule has 5 heteroatoms. The minimum Gasteiger partial charge on any atom is -0.394 e. The summed E-state index contributed by atoms with van der Waals surface area (Å²) in [5, 5.41) is 14.7. The van der Waals surface area contributed by atoms with Gasteiger partial charge < -0.3 is 10.4 Å². The highest BCUT2D eigenvalue weighted by atomic mass is 32.1. The molecule has 0 saturated heterocycles. The second kappa shape index (κ2) is 3.55. The Bertz CT molecular complexity index is 512. The number of nitrogens with zero attached hydrogens (tertiary/aromatic N) is 2. The first-order valence-electron chi connectivity index (χ1n) is 5.51. The van der Waals surface area contributed by atoms with Crippen molar-refractivity contribution in [1.82, 2.24) is 14.7 Å². The van der Waals surface area contributed by atoms with Crippen LogP contribution in [0.4, 0.5) is 0 Å². The number of fused-ring (bicyclic) bond motifs is 1. The van der Waals surface area contributed by atoms with Gasteiger partial charge in [0.25, 0.3) is 0 Å². The van der Waals surface area contributed by atoms with Crippen molar-refractivity contribution in [2.45, 2.75) is 31.8 Å². The van der Waals surface area contributed by atoms with Crippen molar-refractivity contribution in [3.63, 3.8) is 0 Å². The van der Waals surface area contributed by atoms with Crippen LogP contribution in [0.2, 0.25) is 0 Å². The predicted molar refractivity (Wildman–Crippen MR) is 63.7 cm³/mol. The Morgan fingerprint density at radius 2 is 2.44 bits per heavy atom. The van der Waals surface area contributed by atoms with Crippen LogP contribution < -0.4 is 5.32 Å². The molecule has 0 atom stereocenters. The Morgan fingerprint density at radius 3 is 3.12 bits per heavy atom. The number of hydrogen-bond acceptors (Lipinski definition) is 4. The molecule has 0 aromatic carbocycles. The summed E-state index contributed by atoms with van der Waals surface area (Å²) in [6.07, 6.45) is 4.21. The second-order valence-electron chi connectivity index (χ2n) is 4.49. The summed E-state index contributed by atoms with van der Waals surface area (Å²) in [6, 6.07) is 0. The van der Waals surface area contributed by atoms with Crippen LogP contribution in [0.1, 0.15) is 24.2 Å². The van der Waals surface area contributed by atoms with Gasteiger partial charge in [0.05, 0.1) is 18.0 Å². The largest absolute Gasteiger partial charge is 0.394 e. The lowest BCUT2D eigenvalue weighted by molar-refractivity contribution is 0.229. The summed E-state index contributed by atoms with van der Waals surface area (Å²) < 4.78 is 2.13. The van der Waals surface area contributed by atoms with Crippen LogP contribution in [0, 0.1) is 6.92 Å². The number of nitrogens with one attached hydrogen (secondary N) is 1. The summed E-state index contributed by atoms with van der Waals surface area (Å²) >= 11 is 1.65. The van der Waals surface area contributed by atoms with Gasteiger partial charge in [-0.2, -0.15) is 0 Å². The fraction of sp³-hybridized carbons (Fsp3) is 0.545. The highest BCUT2D eigenvalue weighted by molar-refractivity contribution is 7.15. The second-order valence-corrected chi connectivity index (χ2v) is 5.36. The lowest BCUT2D eigenvalue weighted by Gasteiger charge is -2.13. The van der Waals surface area contributed by atoms with Crippen LogP contribution in [0.3, 0.4) is 0 Å². The molecule has 1 aliphatic rings. The Morgan fingerprint density at radius 1 is 1.62 bits per heavy atom. The first kappa shape index (κ1) is 10.3. The Hall–Kier alpha value is -0.910. The van der Waals surface area contributed by atoms with Crippen LogP contribution in [-0.4, -0.2) is 26.6 Å². The van der Waals surface area contributed by atoms with Crippen LogP contribution >= 0.6 is 11.3 Å². The molecule has 1 fully saturated rings. The molecule has 16 heavy (non-hydrogen) atoms. The third-order valence-electron chi connectivity index (χ3n) is 3.35. The SMILES string of the molecule is Cc1nc2sccn2c1CNC1(CO)CC1. The van der Waals surface area contributed by atoms with Gasteiger partial charge in [0.1, 0.15) is 0 Å². The number of imidazole rings is 1. The van der Waals surface area contributed by atoms with E-state index < -0.39 is 0 Å². The Labute approximate surface area is 97.9 Å². The van der Waals surface area contributed by atoms with Crippen LogP contribution in [0.5, 0.6) is 0 Å². The van der Waals surface area contributed by atoms with Gasteiger partial charge in [0.15, 0.2) is 4.96 Å². The lowest BCUT2D eigenvalue weighted by Crippen LogP contribution is -2.34. The number of hydrogen-bond donors (Lipinski definition) is 2. The number of aliphatic hydroxyl groups is 1. The standard InChI is InChI=1S/C11H15N3OS/c1-8-9(6-12-11(7-15)2-3-11)14-4-5-16-10(14)13-8/h4-5,12,15H,2-3,6-7H2,1H3. The molecule has 0 aliphatic heterocycles. The van der Waals surface area contributed by atoms with Gasteiger partial charge in [0.2, 0.25) is 0 Å². The molecule has 0 spiro atoms. The summed E-state index contributed by atoms with van der Waals surface area (Å²) in [4.78, 5) is 5.54. The quantitative estimate of drug-likeness (QED) is 0.843. The zero-order chi connectivity index (χ0) is 11.2. The minimum absolute atomic E-state index is 0.00733. The maximum atomic E-state index is 9.24. The van der Waals surface area contributed by atoms with Gasteiger partial charge in [-0.3, -0.25) is 4.40 Å². The summed E-state index contributed by atoms with van der Waals surface area (Å²) in [6.45, 7) is 3.05. The molecule has 1 aliphatic carbocycles. The Kier molecular flexibility index (Phi) is 2.27. The van der Waals surface area contributed by atoms with Gasteiger partial charge in [-0.1, -0.05) is 0 Å². The van der Waals surface area contributed by atoms with Crippen molar-refractivity contribution in [2.24, 2.45) is 0 Å². The molecule has 0 radical (unpaired) electrons. The van der Waals surface area contributed by atoms with E-state index in [0.717, 1.165) is 30.0 Å². The van der Waals surface area contributed by atoms with Crippen LogP contribution in [0.25, 0.3) is 4.96 Å². The van der Waals surface area contributed by atoms with E-state index >= 15 is 0 Å². The highest BCUT2D eigenvalue weighted by Crippen LogP contribution is 2.35. The molecule has 2 aromatic heterocycles. The topological polar surface area (TPSA) is 49.6 Å². The fourth-order valence-electron chi connectivity index (χ4n) is 1.97. The van der Waals surface area contributed by atoms with Crippen molar-refractivity contribution in [3.05, 3.63) is 23.0 Å². The van der Waals surface area contributed by atoms with Crippen molar-refractivity contribution < 1.29 is 5.11 Å². The predicted octanol–water partition coefficient (Wildman–Crippen LogP) is 1.32. The average molecular weight is 237 g/mol. The van der Waals surface area contributed by atoms with Gasteiger partial charge in [-0.25, -0.2) is 4.98 Å². The molecule has 1 saturated carbocycles. The molecule has 86 valence electrons. The Balaban J connectivity index is 1.83. The highest BCUT2D eigenvalue weighted by Gasteiger charge is 2.41. The maximum Gasteiger partial charge on any atom is 0.194 e. The van der Waals surface area contributed by atoms with Crippen molar-refractivity contribution in [1.29, 1.82) is 0 Å². The third kappa shape index (κ3) is 1.55. The molecule has 3 rings (SSSR count). The van der Waals surface area contributed by atoms with E-state index in [1.54, 1.807) is 11.3 Å². The molecule has 2 N–H and O–H groups in total. The van der Waals surface area contributed by atoms with E-state index in [9.17, 15) is 5.11 Å². The number of aliphatic hydroxyl groups excluding tert-OH is 1. The molecule has 2 aromatic rings. The van der Waals surface area contributed by atoms with E-state index in [1.807, 2.05) is 12.3 Å². The van der Waals surface area contributed by atoms with Crippen LogP contribution in [-0.2, 0) is 6.54 Å². The van der Waals surface area contributed by atoms with Gasteiger partial charge in [-0.15, -0.1) is 11.3 Å². The zero-order valence-corrected chi connectivity index (χ0v) is 10.0. The van der Waals surface area contributed by atoms with Gasteiger partial charge >= 0.3 is 0 Å². The van der Waals surface area contributed by atoms with Crippen molar-refractivity contribution in [3.8, 4) is 0 Å². The smallest absolute Gasteiger partial charge is 0.194 e. The molecule has 0 bridgehead atoms. The molecular formula is C11H15N3OS. The first-order valence-corrected chi connectivity index (χ1v) is 6.39. The van der Waals surface area contributed by atoms with Gasteiger partial charge in [0, 0.05) is 23.7 Å². The fourth-order valence-corrected chi connectivity index (χ4v) is 2.75. The van der Waals surface area contributed by atoms with E-state index in [2.05, 4.69) is 20.9 Å². The molecule has 0 unspecified atom stereocenters. The maximum absolute atomic E-state index is 9.24. The summed E-state index contributed by atoms with van der Waals surface area (Å²) in [5.74, 6) is 0. The average Bonchev–Trinajstić information content (AvgIpc) is 2.82. The van der Waals surface area contributed by atoms with Gasteiger partial charge in [-0.05, 0) is 19.8 Å². The molecule has 0 amide bonds. The van der Waals surface area contributed by atoms with Crippen molar-refractivity contribution >= 4 is 16.3 Å². The molecule has 4 nitrogen and oxygen atoms in total. The monoisotopic (exact) mass is 237 g/mol. The zero-order valence-electron chi connectivity index (χ0n) is 9.23. The first-order chi connectivity index (χ1) is 7.74. The summed E-state index contributed by atoms with van der Waals surface area (Å²) in [7, 11) is 0. The van der Waals surface area contributed by atoms with Crippen LogP contribution in [0.15, 0.2) is 11.6 Å². The van der Waals surface area contributed by atoms with E-state index in [4.69, 9.17) is 0 Å². The molecule has 2 heterocycles. The number of rotatable bonds is 4. The minimum atomic E-state index is -0.00733. The normalized spacial score (nSPS) is 18.1. The van der Waals surface area contributed by atoms with E-state index in [1.165, 1.54) is 5.69 Å². The van der Waals surface area contributed by atoms with E-state index in [0.29, 0.717) is 0 Å². The van der Waals surface area contributed by atoms with E-state index in [-0.39, 0.29) is 12.1 Å². The number of thiazole rings is 1. The summed E-state index contributed by atoms with van der Waals surface area (Å²) in [5.41, 5.74) is 2.27. The van der Waals surface area contributed by atoms with Crippen molar-refractivity contribution in [2.75, 3.05) is 6.61 Å². The number of aromatic nitrogens is 2.